The van der Waals surface area contributed by atoms with E-state index in [1.54, 1.807) is 0 Å². The van der Waals surface area contributed by atoms with Crippen molar-refractivity contribution in [2.24, 2.45) is 0 Å². The highest BCUT2D eigenvalue weighted by Crippen LogP contribution is 2.37. The van der Waals surface area contributed by atoms with Crippen molar-refractivity contribution in [3.05, 3.63) is 0 Å². The molecule has 0 fully saturated rings. The van der Waals surface area contributed by atoms with Crippen molar-refractivity contribution in [1.29, 1.82) is 0 Å². The predicted octanol–water partition coefficient (Wildman–Crippen LogP) is 5.30. The van der Waals surface area contributed by atoms with Gasteiger partial charge in [-0.25, -0.2) is 0 Å². The normalized spacial score (nSPS) is 14.0. The molecule has 21 heavy (non-hydrogen) atoms. The van der Waals surface area contributed by atoms with Gasteiger partial charge >= 0.3 is 5.97 Å². The van der Waals surface area contributed by atoms with Crippen molar-refractivity contribution in [2.45, 2.75) is 97.4 Å². The van der Waals surface area contributed by atoms with Crippen LogP contribution in [0.5, 0.6) is 0 Å². The maximum atomic E-state index is 11.2. The third kappa shape index (κ3) is 9.30. The molecule has 0 aromatic heterocycles. The maximum absolute atomic E-state index is 11.2. The second-order valence-electron chi connectivity index (χ2n) is 7.45. The third-order valence-corrected chi connectivity index (χ3v) is 8.95. The zero-order valence-electron chi connectivity index (χ0n) is 15.3. The molecule has 0 radical (unpaired) electrons. The first-order chi connectivity index (χ1) is 9.60. The van der Waals surface area contributed by atoms with Gasteiger partial charge in [0, 0.05) is 12.5 Å². The lowest BCUT2D eigenvalue weighted by Crippen LogP contribution is -2.43. The maximum Gasteiger partial charge on any atom is 0.305 e. The van der Waals surface area contributed by atoms with Gasteiger partial charge in [-0.2, -0.15) is 0 Å². The summed E-state index contributed by atoms with van der Waals surface area (Å²) in [5.41, 5.74) is 0. The average molecular weight is 317 g/mol. The van der Waals surface area contributed by atoms with E-state index >= 15 is 0 Å². The second kappa shape index (κ2) is 9.62. The molecule has 0 N–H and O–H groups in total. The van der Waals surface area contributed by atoms with Gasteiger partial charge in [0.25, 0.3) is 0 Å². The Kier molecular flexibility index (Phi) is 9.46. The van der Waals surface area contributed by atoms with Crippen molar-refractivity contribution in [3.63, 3.8) is 0 Å². The van der Waals surface area contributed by atoms with Crippen LogP contribution >= 0.6 is 0 Å². The molecule has 0 aliphatic rings. The molecule has 0 bridgehead atoms. The molecule has 0 saturated carbocycles. The van der Waals surface area contributed by atoms with Gasteiger partial charge in [0.15, 0.2) is 8.32 Å². The number of hydrogen-bond acceptors (Lipinski definition) is 3. The highest BCUT2D eigenvalue weighted by Gasteiger charge is 2.38. The van der Waals surface area contributed by atoms with Gasteiger partial charge in [-0.05, 0) is 44.8 Å². The van der Waals surface area contributed by atoms with E-state index in [0.717, 1.165) is 19.3 Å². The fourth-order valence-corrected chi connectivity index (χ4v) is 3.50. The third-order valence-electron chi connectivity index (χ3n) is 4.35. The monoisotopic (exact) mass is 316 g/mol. The molecule has 0 saturated heterocycles. The quantitative estimate of drug-likeness (QED) is 0.312. The Morgan fingerprint density at radius 2 is 1.67 bits per heavy atom. The molecule has 0 spiro atoms. The van der Waals surface area contributed by atoms with Crippen LogP contribution < -0.4 is 0 Å². The van der Waals surface area contributed by atoms with Gasteiger partial charge in [0.1, 0.15) is 0 Å². The summed E-state index contributed by atoms with van der Waals surface area (Å²) < 4.78 is 11.3. The molecule has 126 valence electrons. The first kappa shape index (κ1) is 20.6. The van der Waals surface area contributed by atoms with Gasteiger partial charge in [-0.1, -0.05) is 40.0 Å². The summed E-state index contributed by atoms with van der Waals surface area (Å²) in [5.74, 6) is -0.0628. The molecule has 0 heterocycles. The standard InChI is InChI=1S/C17H36O3Si/c1-8-19-16(18)14-12-10-9-11-13-15(2)20-21(6,7)17(3,4)5/h15H,8-14H2,1-7H3/t15-/m0/s1. The molecule has 0 aromatic rings. The van der Waals surface area contributed by atoms with E-state index in [9.17, 15) is 4.79 Å². The van der Waals surface area contributed by atoms with Crippen LogP contribution in [0.2, 0.25) is 18.1 Å². The summed E-state index contributed by atoms with van der Waals surface area (Å²) in [6.07, 6.45) is 6.41. The molecule has 0 aliphatic heterocycles. The fourth-order valence-electron chi connectivity index (χ4n) is 2.03. The van der Waals surface area contributed by atoms with E-state index in [0.29, 0.717) is 19.1 Å². The van der Waals surface area contributed by atoms with E-state index in [2.05, 4.69) is 40.8 Å². The second-order valence-corrected chi connectivity index (χ2v) is 12.2. The molecule has 4 heteroatoms. The zero-order valence-corrected chi connectivity index (χ0v) is 16.3. The van der Waals surface area contributed by atoms with Crippen molar-refractivity contribution >= 4 is 14.3 Å². The molecular formula is C17H36O3Si. The Labute approximate surface area is 132 Å². The lowest BCUT2D eigenvalue weighted by atomic mass is 10.1. The molecular weight excluding hydrogens is 280 g/mol. The minimum absolute atomic E-state index is 0.0628. The molecule has 0 aliphatic carbocycles. The Bertz CT molecular complexity index is 295. The van der Waals surface area contributed by atoms with E-state index in [-0.39, 0.29) is 11.0 Å². The van der Waals surface area contributed by atoms with E-state index < -0.39 is 8.32 Å². The van der Waals surface area contributed by atoms with Crippen molar-refractivity contribution < 1.29 is 14.0 Å². The van der Waals surface area contributed by atoms with Crippen LogP contribution in [0.1, 0.15) is 73.1 Å². The molecule has 0 rings (SSSR count). The first-order valence-corrected chi connectivity index (χ1v) is 11.3. The largest absolute Gasteiger partial charge is 0.466 e. The summed E-state index contributed by atoms with van der Waals surface area (Å²) in [6, 6.07) is 0. The van der Waals surface area contributed by atoms with Crippen LogP contribution in [0.3, 0.4) is 0 Å². The molecule has 0 aromatic carbocycles. The summed E-state index contributed by atoms with van der Waals surface area (Å²) in [7, 11) is -1.63. The minimum Gasteiger partial charge on any atom is -0.466 e. The number of esters is 1. The smallest absolute Gasteiger partial charge is 0.305 e. The number of carbonyl (C=O) groups is 1. The lowest BCUT2D eigenvalue weighted by Gasteiger charge is -2.38. The van der Waals surface area contributed by atoms with Crippen molar-refractivity contribution in [2.75, 3.05) is 6.61 Å². The van der Waals surface area contributed by atoms with Crippen LogP contribution in [0, 0.1) is 0 Å². The average Bonchev–Trinajstić information content (AvgIpc) is 2.31. The number of carbonyl (C=O) groups excluding carboxylic acids is 1. The number of hydrogen-bond donors (Lipinski definition) is 0. The predicted molar refractivity (Wildman–Crippen MR) is 92.1 cm³/mol. The van der Waals surface area contributed by atoms with Crippen molar-refractivity contribution in [1.82, 2.24) is 0 Å². The van der Waals surface area contributed by atoms with Crippen LogP contribution in [-0.4, -0.2) is 27.0 Å². The van der Waals surface area contributed by atoms with E-state index in [1.807, 2.05) is 6.92 Å². The topological polar surface area (TPSA) is 35.5 Å². The van der Waals surface area contributed by atoms with Gasteiger partial charge in [-0.3, -0.25) is 4.79 Å². The van der Waals surface area contributed by atoms with Crippen LogP contribution in [0.4, 0.5) is 0 Å². The Hall–Kier alpha value is -0.353. The van der Waals surface area contributed by atoms with E-state index in [4.69, 9.17) is 9.16 Å². The van der Waals surface area contributed by atoms with Gasteiger partial charge in [0.2, 0.25) is 0 Å². The Morgan fingerprint density at radius 3 is 2.19 bits per heavy atom. The molecule has 0 unspecified atom stereocenters. The Morgan fingerprint density at radius 1 is 1.10 bits per heavy atom. The fraction of sp³-hybridized carbons (Fsp3) is 0.941. The van der Waals surface area contributed by atoms with Gasteiger partial charge < -0.3 is 9.16 Å². The summed E-state index contributed by atoms with van der Waals surface area (Å²) in [4.78, 5) is 11.2. The van der Waals surface area contributed by atoms with Crippen LogP contribution in [0.25, 0.3) is 0 Å². The van der Waals surface area contributed by atoms with Gasteiger partial charge in [0.05, 0.1) is 6.61 Å². The van der Waals surface area contributed by atoms with Crippen LogP contribution in [-0.2, 0) is 14.0 Å². The molecule has 3 nitrogen and oxygen atoms in total. The number of unbranched alkanes of at least 4 members (excludes halogenated alkanes) is 3. The lowest BCUT2D eigenvalue weighted by molar-refractivity contribution is -0.143. The minimum atomic E-state index is -1.63. The highest BCUT2D eigenvalue weighted by atomic mass is 28.4. The highest BCUT2D eigenvalue weighted by molar-refractivity contribution is 6.74. The number of rotatable bonds is 10. The Balaban J connectivity index is 3.72. The molecule has 1 atom stereocenters. The first-order valence-electron chi connectivity index (χ1n) is 8.43. The van der Waals surface area contributed by atoms with Crippen molar-refractivity contribution in [3.8, 4) is 0 Å². The summed E-state index contributed by atoms with van der Waals surface area (Å²) >= 11 is 0. The van der Waals surface area contributed by atoms with Crippen LogP contribution in [0.15, 0.2) is 0 Å². The number of ether oxygens (including phenoxy) is 1. The SMILES string of the molecule is CCOC(=O)CCCCCC[C@H](C)O[Si](C)(C)C(C)(C)C. The van der Waals surface area contributed by atoms with E-state index in [1.165, 1.54) is 12.8 Å². The summed E-state index contributed by atoms with van der Waals surface area (Å²) in [5, 5.41) is 0.279. The zero-order chi connectivity index (χ0) is 16.5. The van der Waals surface area contributed by atoms with Gasteiger partial charge in [-0.15, -0.1) is 0 Å². The molecule has 0 amide bonds. The summed E-state index contributed by atoms with van der Waals surface area (Å²) in [6.45, 7) is 16.0.